The molecule has 0 spiro atoms. The van der Waals surface area contributed by atoms with Crippen molar-refractivity contribution in [2.75, 3.05) is 139 Å². The molecule has 0 aliphatic rings. The van der Waals surface area contributed by atoms with E-state index in [2.05, 4.69) is 31.9 Å². The number of carbonyl (C=O) groups is 14. The van der Waals surface area contributed by atoms with Crippen LogP contribution in [0.15, 0.2) is 0 Å². The normalized spacial score (nSPS) is 12.1. The number of carbonyl (C=O) groups excluding carboxylic acids is 9. The number of carboxylic acids is 5. The summed E-state index contributed by atoms with van der Waals surface area (Å²) in [5, 5.41) is 62.4. The average molecular weight is 1650 g/mol. The van der Waals surface area contributed by atoms with E-state index in [1.807, 2.05) is 13.8 Å². The van der Waals surface area contributed by atoms with Crippen molar-refractivity contribution >= 4 is 82.5 Å². The van der Waals surface area contributed by atoms with Gasteiger partial charge in [-0.1, -0.05) is 116 Å². The number of ketones is 4. The molecular weight excluding hydrogens is 1500 g/mol. The van der Waals surface area contributed by atoms with Crippen LogP contribution in [-0.2, 0) is 105 Å². The minimum absolute atomic E-state index is 0.00886. The van der Waals surface area contributed by atoms with Crippen LogP contribution < -0.4 is 31.9 Å². The number of Topliss-reactive ketones (excluding diaryl/α,β-unsaturated/α-hetero) is 4. The first-order chi connectivity index (χ1) is 55.4. The quantitative estimate of drug-likeness (QED) is 0.0254. The van der Waals surface area contributed by atoms with E-state index in [-0.39, 0.29) is 209 Å². The predicted octanol–water partition coefficient (Wildman–Crippen LogP) is 8.61. The number of ether oxygens (including phenoxy) is 8. The van der Waals surface area contributed by atoms with Crippen molar-refractivity contribution in [3.63, 3.8) is 0 Å². The van der Waals surface area contributed by atoms with Crippen LogP contribution >= 0.6 is 0 Å². The van der Waals surface area contributed by atoms with Crippen LogP contribution in [0.25, 0.3) is 0 Å². The SMILES string of the molecule is CCCC(=O)COCCOCCNC(=O)CC[C@H](CC(=O)CCCCCCCCCCCCC(=O)O)C(=O)O.CCOCCOCC(=O)NCCCC[C@H](NC)C(=O)CC[C@@H](CCCCNC(=O)COCCOCCNC(=O)COCCOCCCC(=O)CC[C@H](NC(=O)CCCCCCCCCCCCC(=O)O)C(=O)O)C(=O)O. The van der Waals surface area contributed by atoms with Crippen LogP contribution in [-0.4, -0.2) is 259 Å². The van der Waals surface area contributed by atoms with Crippen molar-refractivity contribution in [3.05, 3.63) is 0 Å². The Morgan fingerprint density at radius 2 is 0.678 bits per heavy atom. The van der Waals surface area contributed by atoms with Gasteiger partial charge in [-0.25, -0.2) is 4.79 Å². The number of nitrogens with one attached hydrogen (secondary N) is 6. The molecule has 0 rings (SSSR count). The summed E-state index contributed by atoms with van der Waals surface area (Å²) in [6, 6.07) is -1.53. The Balaban J connectivity index is 0. The highest BCUT2D eigenvalue weighted by Gasteiger charge is 2.25. The fraction of sp³-hybridized carbons (Fsp3) is 0.829. The molecule has 666 valence electrons. The molecule has 4 atom stereocenters. The molecule has 0 unspecified atom stereocenters. The molecular formula is C82H146N6O27. The van der Waals surface area contributed by atoms with Crippen molar-refractivity contribution in [3.8, 4) is 0 Å². The first kappa shape index (κ1) is 110. The molecule has 0 aromatic carbocycles. The van der Waals surface area contributed by atoms with Crippen molar-refractivity contribution in [1.29, 1.82) is 0 Å². The van der Waals surface area contributed by atoms with Gasteiger partial charge in [-0.3, -0.25) is 62.3 Å². The third kappa shape index (κ3) is 78.0. The summed E-state index contributed by atoms with van der Waals surface area (Å²) >= 11 is 0. The minimum Gasteiger partial charge on any atom is -0.481 e. The fourth-order valence-corrected chi connectivity index (χ4v) is 11.8. The Kier molecular flexibility index (Phi) is 77.3. The van der Waals surface area contributed by atoms with Crippen molar-refractivity contribution in [2.24, 2.45) is 11.8 Å². The summed E-state index contributed by atoms with van der Waals surface area (Å²) in [7, 11) is 1.70. The smallest absolute Gasteiger partial charge is 0.326 e. The van der Waals surface area contributed by atoms with Gasteiger partial charge in [0.05, 0.1) is 83.9 Å². The zero-order valence-electron chi connectivity index (χ0n) is 69.7. The van der Waals surface area contributed by atoms with Gasteiger partial charge in [-0.05, 0) is 104 Å². The maximum absolute atomic E-state index is 12.8. The predicted molar refractivity (Wildman–Crippen MR) is 429 cm³/mol. The van der Waals surface area contributed by atoms with Crippen LogP contribution in [0.5, 0.6) is 0 Å². The monoisotopic (exact) mass is 1650 g/mol. The molecule has 0 aliphatic carbocycles. The summed E-state index contributed by atoms with van der Waals surface area (Å²) in [5.74, 6) is -7.89. The van der Waals surface area contributed by atoms with Crippen LogP contribution in [0, 0.1) is 11.8 Å². The molecule has 115 heavy (non-hydrogen) atoms. The maximum atomic E-state index is 12.8. The molecule has 33 heteroatoms. The minimum atomic E-state index is -1.18. The zero-order chi connectivity index (χ0) is 85.4. The van der Waals surface area contributed by atoms with Gasteiger partial charge in [0.1, 0.15) is 49.8 Å². The second-order valence-corrected chi connectivity index (χ2v) is 28.6. The third-order valence-electron chi connectivity index (χ3n) is 18.5. The van der Waals surface area contributed by atoms with Crippen molar-refractivity contribution in [2.45, 2.75) is 289 Å². The number of unbranched alkanes of at least 4 members (excludes halogenated alkanes) is 20. The first-order valence-electron chi connectivity index (χ1n) is 42.3. The first-order valence-corrected chi connectivity index (χ1v) is 42.3. The number of aliphatic carboxylic acids is 5. The van der Waals surface area contributed by atoms with Crippen LogP contribution in [0.1, 0.15) is 277 Å². The molecule has 33 nitrogen and oxygen atoms in total. The molecule has 0 aliphatic heterocycles. The van der Waals surface area contributed by atoms with Gasteiger partial charge in [-0.2, -0.15) is 0 Å². The molecule has 0 saturated heterocycles. The second-order valence-electron chi connectivity index (χ2n) is 28.6. The van der Waals surface area contributed by atoms with Gasteiger partial charge in [-0.15, -0.1) is 0 Å². The number of hydrogen-bond acceptors (Lipinski definition) is 23. The molecule has 0 heterocycles. The topological polar surface area (TPSA) is 486 Å². The van der Waals surface area contributed by atoms with Gasteiger partial charge in [0, 0.05) is 104 Å². The van der Waals surface area contributed by atoms with E-state index in [1.165, 1.54) is 0 Å². The van der Waals surface area contributed by atoms with Crippen LogP contribution in [0.4, 0.5) is 0 Å². The number of amides is 5. The molecule has 0 saturated carbocycles. The van der Waals surface area contributed by atoms with E-state index in [0.717, 1.165) is 128 Å². The Bertz CT molecular complexity index is 2600. The highest BCUT2D eigenvalue weighted by Crippen LogP contribution is 2.20. The third-order valence-corrected chi connectivity index (χ3v) is 18.5. The molecule has 5 amide bonds. The summed E-state index contributed by atoms with van der Waals surface area (Å²) in [4.78, 5) is 165. The fourth-order valence-electron chi connectivity index (χ4n) is 11.8. The Morgan fingerprint density at radius 3 is 1.13 bits per heavy atom. The lowest BCUT2D eigenvalue weighted by molar-refractivity contribution is -0.144. The van der Waals surface area contributed by atoms with E-state index >= 15 is 0 Å². The lowest BCUT2D eigenvalue weighted by Gasteiger charge is -2.17. The summed E-state index contributed by atoms with van der Waals surface area (Å²) in [5.41, 5.74) is 0. The molecule has 0 bridgehead atoms. The van der Waals surface area contributed by atoms with Gasteiger partial charge in [0.15, 0.2) is 5.78 Å². The zero-order valence-corrected chi connectivity index (χ0v) is 69.7. The maximum Gasteiger partial charge on any atom is 0.326 e. The van der Waals surface area contributed by atoms with E-state index in [4.69, 9.17) is 48.1 Å². The van der Waals surface area contributed by atoms with Gasteiger partial charge < -0.3 is 95.3 Å². The van der Waals surface area contributed by atoms with Gasteiger partial charge in [0.2, 0.25) is 29.5 Å². The summed E-state index contributed by atoms with van der Waals surface area (Å²) < 4.78 is 42.5. The standard InChI is InChI=1S/C53H95N5O18.C29H51NO9/c1-3-71-33-36-74-39-48(62)56-29-17-15-21-44(54-2)46(60)27-24-42(52(67)68)19-14-16-28-55-49(63)40-76-38-35-73-32-30-57-50(64)41-75-37-34-72-31-18-20-43(59)25-26-45(53(69)70)58-47(61)22-12-10-8-6-4-5-7-9-11-13-23-51(65)66;1-2-13-26(32)23-39-21-20-38-19-18-30-27(33)17-16-24(29(36)37)22-25(31)14-11-9-7-5-3-4-6-8-10-12-15-28(34)35/h42,44-45,54H,3-41H2,1-2H3,(H,55,63)(H,56,62)(H,57,64)(H,58,61)(H,65,66)(H,67,68)(H,69,70);24H,2-23H2,1H3,(H,30,33)(H,34,35)(H,36,37)/t42-,44+,45+;24-/m11/s1. The van der Waals surface area contributed by atoms with E-state index in [0.29, 0.717) is 110 Å². The lowest BCUT2D eigenvalue weighted by Crippen LogP contribution is -2.41. The Hall–Kier alpha value is -6.98. The van der Waals surface area contributed by atoms with E-state index in [9.17, 15) is 82.4 Å². The molecule has 0 aromatic heterocycles. The number of rotatable bonds is 86. The largest absolute Gasteiger partial charge is 0.481 e. The number of hydrogen-bond donors (Lipinski definition) is 11. The molecule has 0 radical (unpaired) electrons. The molecule has 0 aromatic rings. The van der Waals surface area contributed by atoms with Gasteiger partial charge in [0.25, 0.3) is 0 Å². The Labute approximate surface area is 682 Å². The number of likely N-dealkylation sites (N-methyl/N-ethyl adjacent to an activating group) is 1. The summed E-state index contributed by atoms with van der Waals surface area (Å²) in [6.45, 7) is 8.37. The summed E-state index contributed by atoms with van der Waals surface area (Å²) in [6.07, 6.45) is 26.6. The Morgan fingerprint density at radius 1 is 0.278 bits per heavy atom. The van der Waals surface area contributed by atoms with Crippen LogP contribution in [0.2, 0.25) is 0 Å². The van der Waals surface area contributed by atoms with Gasteiger partial charge >= 0.3 is 29.8 Å². The van der Waals surface area contributed by atoms with Crippen molar-refractivity contribution in [1.82, 2.24) is 31.9 Å². The lowest BCUT2D eigenvalue weighted by atomic mass is 9.93. The van der Waals surface area contributed by atoms with E-state index < -0.39 is 53.8 Å². The van der Waals surface area contributed by atoms with E-state index in [1.54, 1.807) is 7.05 Å². The molecule has 11 N–H and O–H groups in total. The van der Waals surface area contributed by atoms with Crippen molar-refractivity contribution < 1.29 is 131 Å². The highest BCUT2D eigenvalue weighted by molar-refractivity contribution is 5.86. The molecule has 0 fully saturated rings. The number of carboxylic acid groups (broad SMARTS) is 5. The second kappa shape index (κ2) is 80.8. The van der Waals surface area contributed by atoms with Crippen LogP contribution in [0.3, 0.4) is 0 Å². The highest BCUT2D eigenvalue weighted by atomic mass is 16.5. The average Bonchev–Trinajstić information content (AvgIpc) is 0.934.